The van der Waals surface area contributed by atoms with Crippen molar-refractivity contribution in [2.75, 3.05) is 24.5 Å². The van der Waals surface area contributed by atoms with Gasteiger partial charge in [0.25, 0.3) is 0 Å². The molecule has 0 bridgehead atoms. The van der Waals surface area contributed by atoms with Crippen LogP contribution in [0.5, 0.6) is 0 Å². The van der Waals surface area contributed by atoms with E-state index < -0.39 is 10.0 Å². The third-order valence-corrected chi connectivity index (χ3v) is 4.33. The fraction of sp³-hybridized carbons (Fsp3) is 0.455. The summed E-state index contributed by atoms with van der Waals surface area (Å²) in [4.78, 5) is 2.31. The summed E-state index contributed by atoms with van der Waals surface area (Å²) in [5.41, 5.74) is 6.45. The maximum Gasteiger partial charge on any atom is 0.242 e. The molecule has 0 aliphatic carbocycles. The van der Waals surface area contributed by atoms with Crippen LogP contribution in [0, 0.1) is 0 Å². The number of benzene rings is 1. The average molecular weight is 255 g/mol. The lowest BCUT2D eigenvalue weighted by molar-refractivity contribution is 0.514. The lowest BCUT2D eigenvalue weighted by Crippen LogP contribution is -2.56. The Balaban J connectivity index is 2.34. The highest BCUT2D eigenvalue weighted by molar-refractivity contribution is 7.89. The highest BCUT2D eigenvalue weighted by Crippen LogP contribution is 2.27. The third kappa shape index (κ3) is 2.43. The van der Waals surface area contributed by atoms with E-state index in [9.17, 15) is 8.42 Å². The van der Waals surface area contributed by atoms with Gasteiger partial charge in [0.05, 0.1) is 5.69 Å². The van der Waals surface area contributed by atoms with Crippen molar-refractivity contribution >= 4 is 15.7 Å². The molecule has 1 fully saturated rings. The predicted molar refractivity (Wildman–Crippen MR) is 67.5 cm³/mol. The number of sulfonamides is 1. The Morgan fingerprint density at radius 3 is 2.65 bits per heavy atom. The molecule has 0 atom stereocenters. The molecule has 0 aromatic heterocycles. The van der Waals surface area contributed by atoms with Crippen LogP contribution < -0.4 is 15.4 Å². The van der Waals surface area contributed by atoms with E-state index in [0.717, 1.165) is 5.69 Å². The summed E-state index contributed by atoms with van der Waals surface area (Å²) in [5.74, 6) is 0. The van der Waals surface area contributed by atoms with Gasteiger partial charge < -0.3 is 10.6 Å². The smallest absolute Gasteiger partial charge is 0.242 e. The van der Waals surface area contributed by atoms with Gasteiger partial charge in [-0.25, -0.2) is 13.1 Å². The van der Waals surface area contributed by atoms with Gasteiger partial charge in [-0.1, -0.05) is 19.1 Å². The van der Waals surface area contributed by atoms with Crippen molar-refractivity contribution in [3.8, 4) is 0 Å². The lowest BCUT2D eigenvalue weighted by atomic mass is 10.1. The van der Waals surface area contributed by atoms with Crippen molar-refractivity contribution in [3.05, 3.63) is 24.3 Å². The predicted octanol–water partition coefficient (Wildman–Crippen LogP) is 0.132. The van der Waals surface area contributed by atoms with Gasteiger partial charge in [0.15, 0.2) is 0 Å². The Hall–Kier alpha value is -1.11. The molecule has 0 saturated carbocycles. The fourth-order valence-corrected chi connectivity index (χ4v) is 3.19. The summed E-state index contributed by atoms with van der Waals surface area (Å²) >= 11 is 0. The van der Waals surface area contributed by atoms with Crippen molar-refractivity contribution in [1.29, 1.82) is 0 Å². The third-order valence-electron chi connectivity index (χ3n) is 2.74. The van der Waals surface area contributed by atoms with E-state index >= 15 is 0 Å². The summed E-state index contributed by atoms with van der Waals surface area (Å²) in [6.45, 7) is 3.56. The second-order valence-corrected chi connectivity index (χ2v) is 5.87. The maximum atomic E-state index is 12.0. The Morgan fingerprint density at radius 2 is 2.06 bits per heavy atom. The van der Waals surface area contributed by atoms with Crippen LogP contribution in [0.3, 0.4) is 0 Å². The Bertz CT molecular complexity index is 495. The van der Waals surface area contributed by atoms with Gasteiger partial charge >= 0.3 is 0 Å². The van der Waals surface area contributed by atoms with Crippen molar-refractivity contribution in [2.24, 2.45) is 5.73 Å². The molecule has 0 spiro atoms. The molecule has 1 aliphatic heterocycles. The number of para-hydroxylation sites is 1. The van der Waals surface area contributed by atoms with Gasteiger partial charge in [-0.05, 0) is 12.1 Å². The Kier molecular flexibility index (Phi) is 3.37. The maximum absolute atomic E-state index is 12.0. The summed E-state index contributed by atoms with van der Waals surface area (Å²) in [6, 6.07) is 7.15. The molecule has 5 nitrogen and oxygen atoms in total. The minimum absolute atomic E-state index is 0.143. The SMILES string of the molecule is CCNS(=O)(=O)c1ccccc1N1CC(N)C1. The molecule has 6 heteroatoms. The minimum atomic E-state index is -3.41. The van der Waals surface area contributed by atoms with E-state index in [2.05, 4.69) is 4.72 Å². The van der Waals surface area contributed by atoms with Crippen molar-refractivity contribution < 1.29 is 8.42 Å². The highest BCUT2D eigenvalue weighted by Gasteiger charge is 2.28. The molecule has 17 heavy (non-hydrogen) atoms. The van der Waals surface area contributed by atoms with E-state index in [1.807, 2.05) is 17.0 Å². The standard InChI is InChI=1S/C11H17N3O2S/c1-2-13-17(15,16)11-6-4-3-5-10(11)14-7-9(12)8-14/h3-6,9,13H,2,7-8,12H2,1H3. The number of rotatable bonds is 4. The van der Waals surface area contributed by atoms with Crippen molar-refractivity contribution in [1.82, 2.24) is 4.72 Å². The van der Waals surface area contributed by atoms with Crippen molar-refractivity contribution in [2.45, 2.75) is 17.9 Å². The monoisotopic (exact) mass is 255 g/mol. The molecule has 3 N–H and O–H groups in total. The van der Waals surface area contributed by atoms with Crippen LogP contribution in [0.1, 0.15) is 6.92 Å². The first kappa shape index (κ1) is 12.3. The summed E-state index contributed by atoms with van der Waals surface area (Å²) in [6.07, 6.45) is 0. The first-order chi connectivity index (χ1) is 8.04. The first-order valence-corrected chi connectivity index (χ1v) is 7.12. The van der Waals surface area contributed by atoms with Gasteiger partial charge in [-0.3, -0.25) is 0 Å². The zero-order chi connectivity index (χ0) is 12.5. The fourth-order valence-electron chi connectivity index (χ4n) is 1.92. The molecule has 1 aliphatic rings. The van der Waals surface area contributed by atoms with Crippen LogP contribution >= 0.6 is 0 Å². The zero-order valence-electron chi connectivity index (χ0n) is 9.76. The molecule has 1 saturated heterocycles. The van der Waals surface area contributed by atoms with Crippen LogP contribution in [0.2, 0.25) is 0 Å². The van der Waals surface area contributed by atoms with Gasteiger partial charge in [0, 0.05) is 25.7 Å². The minimum Gasteiger partial charge on any atom is -0.367 e. The Labute approximate surface area is 102 Å². The van der Waals surface area contributed by atoms with Gasteiger partial charge in [0.1, 0.15) is 4.90 Å². The number of nitrogens with zero attached hydrogens (tertiary/aromatic N) is 1. The number of anilines is 1. The molecular weight excluding hydrogens is 238 g/mol. The second kappa shape index (κ2) is 4.64. The van der Waals surface area contributed by atoms with Gasteiger partial charge in [-0.15, -0.1) is 0 Å². The molecular formula is C11H17N3O2S. The van der Waals surface area contributed by atoms with E-state index in [4.69, 9.17) is 5.73 Å². The molecule has 2 rings (SSSR count). The summed E-state index contributed by atoms with van der Waals surface area (Å²) in [5, 5.41) is 0. The van der Waals surface area contributed by atoms with Crippen LogP contribution in [0.25, 0.3) is 0 Å². The molecule has 0 amide bonds. The van der Waals surface area contributed by atoms with Crippen LogP contribution in [-0.4, -0.2) is 34.1 Å². The lowest BCUT2D eigenvalue weighted by Gasteiger charge is -2.39. The Morgan fingerprint density at radius 1 is 1.41 bits per heavy atom. The highest BCUT2D eigenvalue weighted by atomic mass is 32.2. The van der Waals surface area contributed by atoms with Crippen LogP contribution in [-0.2, 0) is 10.0 Å². The van der Waals surface area contributed by atoms with Crippen LogP contribution in [0.15, 0.2) is 29.2 Å². The molecule has 1 heterocycles. The summed E-state index contributed by atoms with van der Waals surface area (Å²) in [7, 11) is -3.41. The summed E-state index contributed by atoms with van der Waals surface area (Å²) < 4.78 is 26.5. The first-order valence-electron chi connectivity index (χ1n) is 5.64. The van der Waals surface area contributed by atoms with E-state index in [1.54, 1.807) is 19.1 Å². The van der Waals surface area contributed by atoms with Gasteiger partial charge in [-0.2, -0.15) is 0 Å². The number of hydrogen-bond acceptors (Lipinski definition) is 4. The topological polar surface area (TPSA) is 75.4 Å². The number of nitrogens with one attached hydrogen (secondary N) is 1. The quantitative estimate of drug-likeness (QED) is 0.802. The molecule has 1 aromatic rings. The second-order valence-electron chi connectivity index (χ2n) is 4.13. The van der Waals surface area contributed by atoms with E-state index in [0.29, 0.717) is 24.5 Å². The average Bonchev–Trinajstić information content (AvgIpc) is 2.25. The normalized spacial score (nSPS) is 16.9. The van der Waals surface area contributed by atoms with Gasteiger partial charge in [0.2, 0.25) is 10.0 Å². The van der Waals surface area contributed by atoms with Crippen LogP contribution in [0.4, 0.5) is 5.69 Å². The molecule has 0 unspecified atom stereocenters. The number of hydrogen-bond donors (Lipinski definition) is 2. The zero-order valence-corrected chi connectivity index (χ0v) is 10.6. The largest absolute Gasteiger partial charge is 0.367 e. The van der Waals surface area contributed by atoms with Crippen molar-refractivity contribution in [3.63, 3.8) is 0 Å². The molecule has 94 valence electrons. The number of nitrogens with two attached hydrogens (primary N) is 1. The van der Waals surface area contributed by atoms with E-state index in [-0.39, 0.29) is 6.04 Å². The molecule has 0 radical (unpaired) electrons. The van der Waals surface area contributed by atoms with E-state index in [1.165, 1.54) is 0 Å². The molecule has 1 aromatic carbocycles.